The molecule has 10 nitrogen and oxygen atoms in total. The van der Waals surface area contributed by atoms with Crippen LogP contribution in [0.1, 0.15) is 5.56 Å². The number of likely N-dealkylation sites (N-methyl/N-ethyl adjacent to an activating group) is 1. The van der Waals surface area contributed by atoms with Gasteiger partial charge in [0.25, 0.3) is 5.91 Å². The van der Waals surface area contributed by atoms with E-state index < -0.39 is 24.1 Å². The van der Waals surface area contributed by atoms with Crippen LogP contribution in [0.5, 0.6) is 0 Å². The monoisotopic (exact) mass is 467 g/mol. The maximum absolute atomic E-state index is 12.8. The van der Waals surface area contributed by atoms with Gasteiger partial charge in [0, 0.05) is 49.8 Å². The predicted molar refractivity (Wildman–Crippen MR) is 116 cm³/mol. The summed E-state index contributed by atoms with van der Waals surface area (Å²) in [5.41, 5.74) is 6.10. The number of nitrogens with one attached hydrogen (secondary N) is 1. The summed E-state index contributed by atoms with van der Waals surface area (Å²) < 4.78 is 0. The van der Waals surface area contributed by atoms with E-state index in [1.807, 2.05) is 15.9 Å². The maximum Gasteiger partial charge on any atom is 0.325 e. The van der Waals surface area contributed by atoms with Crippen molar-refractivity contribution in [3.63, 3.8) is 0 Å². The fourth-order valence-corrected chi connectivity index (χ4v) is 4.57. The van der Waals surface area contributed by atoms with Crippen molar-refractivity contribution >= 4 is 47.0 Å². The molecule has 2 unspecified atom stereocenters. The lowest BCUT2D eigenvalue weighted by atomic mass is 10.1. The van der Waals surface area contributed by atoms with Crippen LogP contribution in [-0.4, -0.2) is 95.4 Å². The topological polar surface area (TPSA) is 115 Å². The number of hydrogen-bond acceptors (Lipinski definition) is 7. The Balaban J connectivity index is 1.61. The van der Waals surface area contributed by atoms with Gasteiger partial charge in [-0.25, -0.2) is 9.79 Å². The lowest BCUT2D eigenvalue weighted by molar-refractivity contribution is -0.127. The number of urea groups is 1. The van der Waals surface area contributed by atoms with E-state index in [0.717, 1.165) is 5.56 Å². The van der Waals surface area contributed by atoms with Crippen molar-refractivity contribution in [3.05, 3.63) is 33.8 Å². The minimum atomic E-state index is -0.673. The van der Waals surface area contributed by atoms with Crippen molar-refractivity contribution in [2.45, 2.75) is 18.8 Å². The summed E-state index contributed by atoms with van der Waals surface area (Å²) in [7, 11) is 1.62. The molecule has 0 saturated carbocycles. The van der Waals surface area contributed by atoms with Crippen LogP contribution >= 0.6 is 23.2 Å². The van der Waals surface area contributed by atoms with Crippen molar-refractivity contribution in [3.8, 4) is 0 Å². The van der Waals surface area contributed by atoms with Crippen LogP contribution in [0, 0.1) is 0 Å². The Morgan fingerprint density at radius 3 is 2.58 bits per heavy atom. The number of rotatable bonds is 4. The summed E-state index contributed by atoms with van der Waals surface area (Å²) in [5, 5.41) is 3.40. The van der Waals surface area contributed by atoms with E-state index in [1.165, 1.54) is 4.90 Å². The van der Waals surface area contributed by atoms with E-state index in [9.17, 15) is 14.4 Å². The van der Waals surface area contributed by atoms with E-state index in [-0.39, 0.29) is 12.5 Å². The molecule has 3 aliphatic rings. The molecule has 0 bridgehead atoms. The Kier molecular flexibility index (Phi) is 5.96. The highest BCUT2D eigenvalue weighted by atomic mass is 35.5. The van der Waals surface area contributed by atoms with E-state index in [2.05, 4.69) is 10.2 Å². The molecule has 3 aliphatic heterocycles. The van der Waals surface area contributed by atoms with Crippen molar-refractivity contribution in [1.29, 1.82) is 0 Å². The molecule has 1 aromatic rings. The van der Waals surface area contributed by atoms with Crippen LogP contribution in [0.25, 0.3) is 0 Å². The van der Waals surface area contributed by atoms with Gasteiger partial charge in [-0.2, -0.15) is 0 Å². The number of piperazine rings is 1. The second kappa shape index (κ2) is 8.52. The lowest BCUT2D eigenvalue weighted by Gasteiger charge is -2.40. The van der Waals surface area contributed by atoms with Crippen LogP contribution in [0.4, 0.5) is 4.79 Å². The Labute approximate surface area is 189 Å². The van der Waals surface area contributed by atoms with E-state index in [1.54, 1.807) is 19.2 Å². The number of benzene rings is 1. The number of nitrogens with two attached hydrogens (primary N) is 1. The van der Waals surface area contributed by atoms with Gasteiger partial charge in [0.1, 0.15) is 0 Å². The van der Waals surface area contributed by atoms with Crippen molar-refractivity contribution in [1.82, 2.24) is 24.9 Å². The second-order valence-corrected chi connectivity index (χ2v) is 8.63. The predicted octanol–water partition coefficient (Wildman–Crippen LogP) is 0.144. The number of nitrogens with zero attached hydrogens (tertiary/aromatic N) is 5. The normalized spacial score (nSPS) is 24.2. The summed E-state index contributed by atoms with van der Waals surface area (Å²) in [4.78, 5) is 48.2. The number of fused-ring (bicyclic) bond motifs is 1. The number of primary amides is 1. The second-order valence-electron chi connectivity index (χ2n) is 7.79. The number of halogens is 2. The standard InChI is InChI=1S/C19H23Cl2N7O3/c1-25-16-15(17(30)24-19(25)31)28(9-11-2-3-12(20)8-13(11)21)18(23-16)27-6-4-26(5-7-27)10-14(22)29/h2-3,8,15-16H,4-7,9-10H2,1H3,(H2,22,29)(H,24,30,31). The summed E-state index contributed by atoms with van der Waals surface area (Å²) in [5.74, 6) is -0.144. The number of guanidine groups is 1. The maximum atomic E-state index is 12.8. The lowest BCUT2D eigenvalue weighted by Crippen LogP contribution is -2.64. The summed E-state index contributed by atoms with van der Waals surface area (Å²) in [6, 6.07) is 4.06. The molecule has 2 saturated heterocycles. The van der Waals surface area contributed by atoms with Gasteiger partial charge in [-0.05, 0) is 17.7 Å². The summed E-state index contributed by atoms with van der Waals surface area (Å²) in [6.07, 6.45) is -0.633. The van der Waals surface area contributed by atoms with Crippen LogP contribution < -0.4 is 11.1 Å². The highest BCUT2D eigenvalue weighted by Gasteiger charge is 2.50. The molecule has 2 fully saturated rings. The van der Waals surface area contributed by atoms with Gasteiger partial charge in [-0.3, -0.25) is 19.8 Å². The van der Waals surface area contributed by atoms with Crippen LogP contribution in [0.3, 0.4) is 0 Å². The van der Waals surface area contributed by atoms with Crippen molar-refractivity contribution in [2.75, 3.05) is 39.8 Å². The number of imide groups is 1. The first-order valence-corrected chi connectivity index (χ1v) is 10.6. The van der Waals surface area contributed by atoms with Gasteiger partial charge in [0.15, 0.2) is 18.2 Å². The quantitative estimate of drug-likeness (QED) is 0.650. The fraction of sp³-hybridized carbons (Fsp3) is 0.474. The van der Waals surface area contributed by atoms with E-state index in [4.69, 9.17) is 33.9 Å². The number of aliphatic imine (C=N–C) groups is 1. The highest BCUT2D eigenvalue weighted by Crippen LogP contribution is 2.30. The van der Waals surface area contributed by atoms with Gasteiger partial charge in [-0.1, -0.05) is 29.3 Å². The zero-order valence-electron chi connectivity index (χ0n) is 16.9. The van der Waals surface area contributed by atoms with Crippen LogP contribution in [-0.2, 0) is 16.1 Å². The third-order valence-electron chi connectivity index (χ3n) is 5.73. The SMILES string of the molecule is CN1C(=O)NC(=O)C2C1N=C(N1CCN(CC(N)=O)CC1)N2Cc1ccc(Cl)cc1Cl. The Morgan fingerprint density at radius 2 is 1.94 bits per heavy atom. The molecule has 0 aliphatic carbocycles. The van der Waals surface area contributed by atoms with Gasteiger partial charge in [0.2, 0.25) is 5.91 Å². The average molecular weight is 468 g/mol. The van der Waals surface area contributed by atoms with Crippen molar-refractivity contribution < 1.29 is 14.4 Å². The molecule has 0 aromatic heterocycles. The Bertz CT molecular complexity index is 948. The minimum Gasteiger partial charge on any atom is -0.369 e. The Morgan fingerprint density at radius 1 is 1.23 bits per heavy atom. The highest BCUT2D eigenvalue weighted by molar-refractivity contribution is 6.35. The van der Waals surface area contributed by atoms with Crippen LogP contribution in [0.2, 0.25) is 10.0 Å². The molecule has 4 rings (SSSR count). The smallest absolute Gasteiger partial charge is 0.325 e. The van der Waals surface area contributed by atoms with E-state index >= 15 is 0 Å². The summed E-state index contributed by atoms with van der Waals surface area (Å²) in [6.45, 7) is 3.01. The first kappa shape index (κ1) is 21.7. The number of carbonyl (C=O) groups excluding carboxylic acids is 3. The molecule has 0 radical (unpaired) electrons. The number of hydrogen-bond donors (Lipinski definition) is 2. The first-order chi connectivity index (χ1) is 14.7. The van der Waals surface area contributed by atoms with Crippen LogP contribution in [0.15, 0.2) is 23.2 Å². The molecular weight excluding hydrogens is 445 g/mol. The average Bonchev–Trinajstić information content (AvgIpc) is 3.08. The van der Waals surface area contributed by atoms with E-state index in [0.29, 0.717) is 48.7 Å². The van der Waals surface area contributed by atoms with Gasteiger partial charge >= 0.3 is 6.03 Å². The molecule has 3 heterocycles. The summed E-state index contributed by atoms with van der Waals surface area (Å²) >= 11 is 12.4. The zero-order chi connectivity index (χ0) is 22.3. The molecule has 2 atom stereocenters. The molecule has 166 valence electrons. The molecule has 4 amide bonds. The number of amides is 4. The fourth-order valence-electron chi connectivity index (χ4n) is 4.10. The Hall–Kier alpha value is -2.56. The molecule has 31 heavy (non-hydrogen) atoms. The van der Waals surface area contributed by atoms with Crippen molar-refractivity contribution in [2.24, 2.45) is 10.7 Å². The third-order valence-corrected chi connectivity index (χ3v) is 6.32. The molecular formula is C19H23Cl2N7O3. The molecule has 12 heteroatoms. The molecule has 3 N–H and O–H groups in total. The first-order valence-electron chi connectivity index (χ1n) is 9.86. The molecule has 0 spiro atoms. The van der Waals surface area contributed by atoms with Gasteiger partial charge in [-0.15, -0.1) is 0 Å². The third kappa shape index (κ3) is 4.28. The van der Waals surface area contributed by atoms with Gasteiger partial charge in [0.05, 0.1) is 6.54 Å². The number of carbonyl (C=O) groups is 3. The largest absolute Gasteiger partial charge is 0.369 e. The molecule has 1 aromatic carbocycles. The zero-order valence-corrected chi connectivity index (χ0v) is 18.4. The van der Waals surface area contributed by atoms with Gasteiger partial charge < -0.3 is 20.4 Å². The minimum absolute atomic E-state index is 0.204.